The van der Waals surface area contributed by atoms with Crippen LogP contribution in [-0.2, 0) is 35.1 Å². The molecule has 4 aliphatic carbocycles. The molecule has 1 aromatic rings. The van der Waals surface area contributed by atoms with Crippen molar-refractivity contribution in [3.8, 4) is 5.75 Å². The molecule has 4 aliphatic rings. The molecule has 5 rings (SSSR count). The van der Waals surface area contributed by atoms with Crippen LogP contribution in [-0.4, -0.2) is 71.5 Å². The van der Waals surface area contributed by atoms with E-state index in [-0.39, 0.29) is 61.6 Å². The van der Waals surface area contributed by atoms with E-state index < -0.39 is 64.3 Å². The number of alkyl halides is 1. The lowest BCUT2D eigenvalue weighted by molar-refractivity contribution is -0.757. The quantitative estimate of drug-likeness (QED) is 0.0736. The third-order valence-electron chi connectivity index (χ3n) is 11.5. The van der Waals surface area contributed by atoms with Crippen LogP contribution >= 0.6 is 0 Å². The Morgan fingerprint density at radius 2 is 1.82 bits per heavy atom. The van der Waals surface area contributed by atoms with Crippen LogP contribution in [0.1, 0.15) is 64.9 Å². The molecule has 0 aromatic heterocycles. The molecule has 50 heavy (non-hydrogen) atoms. The molecule has 0 spiro atoms. The molecule has 2 unspecified atom stereocenters. The smallest absolute Gasteiger partial charge is 0.465 e. The van der Waals surface area contributed by atoms with Crippen LogP contribution in [0.25, 0.3) is 0 Å². The minimum absolute atomic E-state index is 0.0466. The summed E-state index contributed by atoms with van der Waals surface area (Å²) in [4.78, 5) is 64.8. The lowest BCUT2D eigenvalue weighted by Gasteiger charge is -2.61. The fraction of sp³-hybridized carbons (Fsp3) is 0.611. The SMILES string of the molecule is C[C@H]1CC2C3CC=C4CC(=O)C=C[C@]4(C)[C@@]3(F)[C@@H](O)C[C@]2(C)[C@H]1C(=O)COC(=O)Oc1ccc(C[C@H](N)C(=O)OCCCCO[N+](=O)[O-])cc1. The summed E-state index contributed by atoms with van der Waals surface area (Å²) in [5, 5.41) is 20.7. The van der Waals surface area contributed by atoms with Gasteiger partial charge in [-0.15, -0.1) is 10.1 Å². The number of allylic oxidation sites excluding steroid dienone is 4. The average molecular weight is 701 g/mol. The molecule has 1 aromatic carbocycles. The molecule has 2 fully saturated rings. The molecule has 0 saturated heterocycles. The van der Waals surface area contributed by atoms with Crippen LogP contribution in [0, 0.1) is 44.6 Å². The average Bonchev–Trinajstić information content (AvgIpc) is 3.32. The van der Waals surface area contributed by atoms with Gasteiger partial charge in [-0.25, -0.2) is 9.18 Å². The number of hydrogen-bond acceptors (Lipinski definition) is 12. The molecule has 0 bridgehead atoms. The standard InChI is InChI=1S/C36H45FN2O11/c1-21-16-27-26-11-8-23-18-24(40)12-13-35(23,3)36(26,37)30(42)19-34(27,2)31(21)29(41)20-48-33(44)50-25-9-6-22(7-10-25)17-28(38)32(43)47-14-4-5-15-49-39(45)46/h6-10,12-13,21,26-28,30-31,42H,4-5,11,14-20,38H2,1-3H3/t21-,26?,27?,28-,30-,31+,34-,35-,36-/m0/s1. The van der Waals surface area contributed by atoms with Crippen LogP contribution in [0.2, 0.25) is 0 Å². The minimum atomic E-state index is -1.99. The number of aliphatic hydroxyl groups is 1. The van der Waals surface area contributed by atoms with Gasteiger partial charge in [0.05, 0.1) is 19.3 Å². The van der Waals surface area contributed by atoms with E-state index in [1.165, 1.54) is 18.2 Å². The molecular weight excluding hydrogens is 655 g/mol. The van der Waals surface area contributed by atoms with Gasteiger partial charge in [0.25, 0.3) is 5.09 Å². The number of unbranched alkanes of at least 4 members (excludes halogenated alkanes) is 1. The van der Waals surface area contributed by atoms with Crippen molar-refractivity contribution in [3.05, 3.63) is 63.7 Å². The van der Waals surface area contributed by atoms with Crippen LogP contribution in [0.4, 0.5) is 9.18 Å². The Labute approximate surface area is 289 Å². The lowest BCUT2D eigenvalue weighted by atomic mass is 9.46. The highest BCUT2D eigenvalue weighted by molar-refractivity contribution is 5.93. The molecule has 0 heterocycles. The van der Waals surface area contributed by atoms with Crippen molar-refractivity contribution in [3.63, 3.8) is 0 Å². The summed E-state index contributed by atoms with van der Waals surface area (Å²) in [7, 11) is 0. The number of halogens is 1. The molecular formula is C36H45FN2O11. The van der Waals surface area contributed by atoms with Gasteiger partial charge < -0.3 is 29.9 Å². The van der Waals surface area contributed by atoms with Gasteiger partial charge in [-0.2, -0.15) is 0 Å². The van der Waals surface area contributed by atoms with Crippen LogP contribution in [0.5, 0.6) is 5.75 Å². The number of ether oxygens (including phenoxy) is 3. The largest absolute Gasteiger partial charge is 0.514 e. The zero-order valence-electron chi connectivity index (χ0n) is 28.5. The van der Waals surface area contributed by atoms with Crippen molar-refractivity contribution in [2.75, 3.05) is 19.8 Å². The number of aliphatic hydroxyl groups excluding tert-OH is 1. The molecule has 3 N–H and O–H groups in total. The third kappa shape index (κ3) is 7.05. The maximum atomic E-state index is 17.3. The Morgan fingerprint density at radius 3 is 2.52 bits per heavy atom. The number of nitrogens with two attached hydrogens (primary N) is 1. The summed E-state index contributed by atoms with van der Waals surface area (Å²) in [6, 6.07) is 5.25. The molecule has 13 nitrogen and oxygen atoms in total. The molecule has 0 amide bonds. The van der Waals surface area contributed by atoms with Crippen molar-refractivity contribution in [1.82, 2.24) is 0 Å². The first-order valence-electron chi connectivity index (χ1n) is 17.0. The van der Waals surface area contributed by atoms with Gasteiger partial charge in [0.15, 0.2) is 23.8 Å². The number of ketones is 2. The summed E-state index contributed by atoms with van der Waals surface area (Å²) in [6.45, 7) is 5.04. The van der Waals surface area contributed by atoms with Gasteiger partial charge in [-0.3, -0.25) is 14.4 Å². The monoisotopic (exact) mass is 700 g/mol. The molecule has 9 atom stereocenters. The second-order valence-corrected chi connectivity index (χ2v) is 14.5. The van der Waals surface area contributed by atoms with E-state index in [0.717, 1.165) is 0 Å². The summed E-state index contributed by atoms with van der Waals surface area (Å²) in [5.74, 6) is -2.35. The van der Waals surface area contributed by atoms with E-state index in [9.17, 15) is 34.4 Å². The summed E-state index contributed by atoms with van der Waals surface area (Å²) in [6.07, 6.45) is 4.55. The third-order valence-corrected chi connectivity index (χ3v) is 11.5. The van der Waals surface area contributed by atoms with E-state index in [1.54, 1.807) is 25.1 Å². The topological polar surface area (TPSA) is 195 Å². The van der Waals surface area contributed by atoms with Gasteiger partial charge in [-0.05, 0) is 86.5 Å². The number of esters is 1. The predicted molar refractivity (Wildman–Crippen MR) is 175 cm³/mol. The second-order valence-electron chi connectivity index (χ2n) is 14.5. The number of Topliss-reactive ketones (excluding diaryl/α,β-unsaturated/α-hetero) is 1. The van der Waals surface area contributed by atoms with Crippen LogP contribution in [0.15, 0.2) is 48.1 Å². The Kier molecular flexibility index (Phi) is 10.8. The summed E-state index contributed by atoms with van der Waals surface area (Å²) in [5.41, 5.74) is 3.48. The Hall–Kier alpha value is -4.17. The summed E-state index contributed by atoms with van der Waals surface area (Å²) >= 11 is 0. The Balaban J connectivity index is 1.12. The number of carbonyl (C=O) groups excluding carboxylic acids is 4. The number of benzene rings is 1. The van der Waals surface area contributed by atoms with E-state index >= 15 is 4.39 Å². The van der Waals surface area contributed by atoms with E-state index in [4.69, 9.17) is 19.9 Å². The lowest BCUT2D eigenvalue weighted by Crippen LogP contribution is -2.66. The van der Waals surface area contributed by atoms with Crippen molar-refractivity contribution < 1.29 is 52.8 Å². The second kappa shape index (κ2) is 14.6. The minimum Gasteiger partial charge on any atom is -0.465 e. The molecule has 0 aliphatic heterocycles. The zero-order valence-corrected chi connectivity index (χ0v) is 28.5. The van der Waals surface area contributed by atoms with Crippen molar-refractivity contribution >= 4 is 23.7 Å². The van der Waals surface area contributed by atoms with Crippen LogP contribution < -0.4 is 10.5 Å². The molecule has 2 saturated carbocycles. The molecule has 0 radical (unpaired) electrons. The van der Waals surface area contributed by atoms with Crippen LogP contribution in [0.3, 0.4) is 0 Å². The van der Waals surface area contributed by atoms with E-state index in [2.05, 4.69) is 4.84 Å². The maximum Gasteiger partial charge on any atom is 0.514 e. The van der Waals surface area contributed by atoms with Gasteiger partial charge >= 0.3 is 12.1 Å². The summed E-state index contributed by atoms with van der Waals surface area (Å²) < 4.78 is 32.9. The Morgan fingerprint density at radius 1 is 1.12 bits per heavy atom. The maximum absolute atomic E-state index is 17.3. The Bertz CT molecular complexity index is 1560. The van der Waals surface area contributed by atoms with Gasteiger partial charge in [-0.1, -0.05) is 43.7 Å². The fourth-order valence-electron chi connectivity index (χ4n) is 9.17. The van der Waals surface area contributed by atoms with Gasteiger partial charge in [0.2, 0.25) is 0 Å². The fourth-order valence-corrected chi connectivity index (χ4v) is 9.17. The number of nitrogens with zero attached hydrogens (tertiary/aromatic N) is 1. The van der Waals surface area contributed by atoms with Crippen molar-refractivity contribution in [2.24, 2.45) is 40.2 Å². The highest BCUT2D eigenvalue weighted by atomic mass is 19.1. The predicted octanol–water partition coefficient (Wildman–Crippen LogP) is 4.41. The number of rotatable bonds is 13. The van der Waals surface area contributed by atoms with Crippen molar-refractivity contribution in [1.29, 1.82) is 0 Å². The van der Waals surface area contributed by atoms with Gasteiger partial charge in [0, 0.05) is 23.7 Å². The van der Waals surface area contributed by atoms with E-state index in [0.29, 0.717) is 36.8 Å². The first kappa shape index (κ1) is 37.1. The zero-order chi connectivity index (χ0) is 36.4. The highest BCUT2D eigenvalue weighted by Gasteiger charge is 2.71. The van der Waals surface area contributed by atoms with E-state index in [1.807, 2.05) is 19.9 Å². The first-order chi connectivity index (χ1) is 23.6. The molecule has 272 valence electrons. The number of hydrogen-bond donors (Lipinski definition) is 2. The number of fused-ring (bicyclic) bond motifs is 5. The highest BCUT2D eigenvalue weighted by Crippen LogP contribution is 2.69. The number of carbonyl (C=O) groups is 4. The normalized spacial score (nSPS) is 33.2. The van der Waals surface area contributed by atoms with Crippen molar-refractivity contribution in [2.45, 2.75) is 83.5 Å². The first-order valence-corrected chi connectivity index (χ1v) is 17.0. The molecule has 14 heteroatoms. The van der Waals surface area contributed by atoms with Gasteiger partial charge in [0.1, 0.15) is 11.8 Å².